The van der Waals surface area contributed by atoms with Crippen molar-refractivity contribution in [2.24, 2.45) is 5.41 Å². The highest BCUT2D eigenvalue weighted by Gasteiger charge is 2.45. The molecule has 0 aliphatic heterocycles. The Balaban J connectivity index is 1.93. The van der Waals surface area contributed by atoms with Crippen molar-refractivity contribution in [3.05, 3.63) is 81.9 Å². The Morgan fingerprint density at radius 2 is 1.74 bits per heavy atom. The largest absolute Gasteiger partial charge is 0.361 e. The van der Waals surface area contributed by atoms with Crippen LogP contribution in [0.2, 0.25) is 0 Å². The zero-order valence-corrected chi connectivity index (χ0v) is 20.3. The van der Waals surface area contributed by atoms with Gasteiger partial charge in [-0.25, -0.2) is 33.3 Å². The number of nitrogens with one attached hydrogen (secondary N) is 1. The van der Waals surface area contributed by atoms with Crippen LogP contribution in [0.4, 0.5) is 8.78 Å². The minimum atomic E-state index is -0.768. The summed E-state index contributed by atoms with van der Waals surface area (Å²) >= 11 is 0. The fraction of sp³-hybridized carbons (Fsp3) is 0.360. The smallest absolute Gasteiger partial charge is 0.244 e. The quantitative estimate of drug-likeness (QED) is 0.440. The summed E-state index contributed by atoms with van der Waals surface area (Å²) in [4.78, 5) is 24.2. The van der Waals surface area contributed by atoms with Gasteiger partial charge in [-0.05, 0) is 48.6 Å². The van der Waals surface area contributed by atoms with E-state index in [0.717, 1.165) is 12.0 Å². The van der Waals surface area contributed by atoms with E-state index in [2.05, 4.69) is 46.0 Å². The molecule has 10 heteroatoms. The van der Waals surface area contributed by atoms with Crippen molar-refractivity contribution in [1.82, 2.24) is 34.9 Å². The zero-order valence-electron chi connectivity index (χ0n) is 20.3. The van der Waals surface area contributed by atoms with Crippen molar-refractivity contribution in [3.63, 3.8) is 0 Å². The minimum absolute atomic E-state index is 0.142. The third-order valence-electron chi connectivity index (χ3n) is 6.46. The lowest BCUT2D eigenvalue weighted by Crippen LogP contribution is -2.41. The molecule has 8 nitrogen and oxygen atoms in total. The van der Waals surface area contributed by atoms with Crippen LogP contribution in [0.3, 0.4) is 0 Å². The van der Waals surface area contributed by atoms with E-state index in [1.54, 1.807) is 18.3 Å². The van der Waals surface area contributed by atoms with Crippen LogP contribution < -0.4 is 5.69 Å². The molecule has 3 heterocycles. The number of aromatic nitrogens is 7. The molecular weight excluding hydrogens is 452 g/mol. The molecule has 0 fully saturated rings. The van der Waals surface area contributed by atoms with Crippen molar-refractivity contribution < 1.29 is 8.78 Å². The molecule has 0 aliphatic rings. The fourth-order valence-corrected chi connectivity index (χ4v) is 4.15. The second kappa shape index (κ2) is 9.09. The average molecular weight is 480 g/mol. The van der Waals surface area contributed by atoms with Crippen LogP contribution in [-0.4, -0.2) is 34.9 Å². The number of hydrogen-bond acceptors (Lipinski definition) is 6. The number of aromatic amines is 1. The Bertz CT molecular complexity index is 1400. The van der Waals surface area contributed by atoms with Crippen LogP contribution in [0.15, 0.2) is 47.7 Å². The van der Waals surface area contributed by atoms with E-state index in [1.807, 2.05) is 13.8 Å². The summed E-state index contributed by atoms with van der Waals surface area (Å²) in [5, 5.41) is 11.4. The molecule has 1 N–H and O–H groups in total. The van der Waals surface area contributed by atoms with E-state index in [-0.39, 0.29) is 17.2 Å². The molecule has 0 radical (unpaired) electrons. The summed E-state index contributed by atoms with van der Waals surface area (Å²) in [6.45, 7) is 10.2. The number of halogens is 2. The van der Waals surface area contributed by atoms with E-state index in [1.165, 1.54) is 29.2 Å². The molecule has 0 aliphatic carbocycles. The van der Waals surface area contributed by atoms with Gasteiger partial charge in [0.25, 0.3) is 5.95 Å². The third-order valence-corrected chi connectivity index (χ3v) is 6.46. The standard InChI is InChI=1S/C25H27F2N7O/c1-6-8-15-13-18(20-16(26)9-7-10-17(20)27)31-32-21(15)25(5,24(2,3)4)19-11-12-28-22(30-19)34-14-29-23(35)33-34/h7,9-14H,6,8H2,1-5H3,(H,33,35)/t25-/m0/s1. The number of H-pyrrole nitrogens is 1. The first kappa shape index (κ1) is 24.3. The van der Waals surface area contributed by atoms with Crippen LogP contribution in [0, 0.1) is 17.0 Å². The van der Waals surface area contributed by atoms with Crippen LogP contribution in [0.1, 0.15) is 58.0 Å². The van der Waals surface area contributed by atoms with Gasteiger partial charge >= 0.3 is 5.69 Å². The molecule has 3 aromatic heterocycles. The molecule has 0 spiro atoms. The Hall–Kier alpha value is -3.82. The summed E-state index contributed by atoms with van der Waals surface area (Å²) in [5.74, 6) is -1.13. The molecule has 0 unspecified atom stereocenters. The van der Waals surface area contributed by atoms with E-state index in [4.69, 9.17) is 4.98 Å². The van der Waals surface area contributed by atoms with Gasteiger partial charge in [-0.1, -0.05) is 40.2 Å². The van der Waals surface area contributed by atoms with E-state index in [9.17, 15) is 13.6 Å². The lowest BCUT2D eigenvalue weighted by molar-refractivity contribution is 0.234. The maximum Gasteiger partial charge on any atom is 0.361 e. The number of benzene rings is 1. The Morgan fingerprint density at radius 3 is 2.34 bits per heavy atom. The second-order valence-electron chi connectivity index (χ2n) is 9.60. The molecule has 0 saturated heterocycles. The first-order valence-electron chi connectivity index (χ1n) is 11.3. The predicted octanol–water partition coefficient (Wildman–Crippen LogP) is 4.39. The maximum absolute atomic E-state index is 14.5. The van der Waals surface area contributed by atoms with E-state index in [0.29, 0.717) is 17.8 Å². The summed E-state index contributed by atoms with van der Waals surface area (Å²) in [7, 11) is 0. The van der Waals surface area contributed by atoms with Crippen molar-refractivity contribution in [2.75, 3.05) is 0 Å². The van der Waals surface area contributed by atoms with Crippen molar-refractivity contribution in [3.8, 4) is 17.2 Å². The lowest BCUT2D eigenvalue weighted by atomic mass is 9.62. The molecule has 1 aromatic carbocycles. The summed E-state index contributed by atoms with van der Waals surface area (Å²) in [6, 6.07) is 7.24. The van der Waals surface area contributed by atoms with Gasteiger partial charge in [-0.15, -0.1) is 5.10 Å². The van der Waals surface area contributed by atoms with Gasteiger partial charge in [-0.3, -0.25) is 0 Å². The van der Waals surface area contributed by atoms with Crippen LogP contribution >= 0.6 is 0 Å². The van der Waals surface area contributed by atoms with Gasteiger partial charge in [0.05, 0.1) is 28.1 Å². The molecule has 4 rings (SSSR count). The topological polar surface area (TPSA) is 102 Å². The fourth-order valence-electron chi connectivity index (χ4n) is 4.15. The highest BCUT2D eigenvalue weighted by atomic mass is 19.1. The molecule has 1 atom stereocenters. The highest BCUT2D eigenvalue weighted by Crippen LogP contribution is 2.46. The predicted molar refractivity (Wildman–Crippen MR) is 127 cm³/mol. The SMILES string of the molecule is CCCc1cc(-c2c(F)cccc2F)nnc1[C@](C)(c1ccnc(-n2cnc(=O)[nH]2)n1)C(C)(C)C. The van der Waals surface area contributed by atoms with Crippen LogP contribution in [0.25, 0.3) is 17.2 Å². The van der Waals surface area contributed by atoms with Gasteiger partial charge in [-0.2, -0.15) is 10.1 Å². The van der Waals surface area contributed by atoms with Gasteiger partial charge in [0.1, 0.15) is 18.0 Å². The third kappa shape index (κ3) is 4.36. The maximum atomic E-state index is 14.5. The van der Waals surface area contributed by atoms with Crippen molar-refractivity contribution in [1.29, 1.82) is 0 Å². The molecule has 35 heavy (non-hydrogen) atoms. The minimum Gasteiger partial charge on any atom is -0.244 e. The van der Waals surface area contributed by atoms with E-state index >= 15 is 0 Å². The van der Waals surface area contributed by atoms with Crippen molar-refractivity contribution >= 4 is 0 Å². The molecule has 182 valence electrons. The van der Waals surface area contributed by atoms with E-state index < -0.39 is 28.2 Å². The summed E-state index contributed by atoms with van der Waals surface area (Å²) in [5.41, 5.74) is 0.409. The first-order chi connectivity index (χ1) is 16.6. The molecule has 0 bridgehead atoms. The first-order valence-corrected chi connectivity index (χ1v) is 11.3. The van der Waals surface area contributed by atoms with Crippen LogP contribution in [-0.2, 0) is 11.8 Å². The number of nitrogens with zero attached hydrogens (tertiary/aromatic N) is 6. The Labute approximate surface area is 201 Å². The second-order valence-corrected chi connectivity index (χ2v) is 9.60. The van der Waals surface area contributed by atoms with Gasteiger partial charge in [0.15, 0.2) is 0 Å². The monoisotopic (exact) mass is 479 g/mol. The normalized spacial score (nSPS) is 13.6. The van der Waals surface area contributed by atoms with Crippen molar-refractivity contribution in [2.45, 2.75) is 52.9 Å². The van der Waals surface area contributed by atoms with Gasteiger partial charge < -0.3 is 0 Å². The number of rotatable bonds is 6. The highest BCUT2D eigenvalue weighted by molar-refractivity contribution is 5.61. The zero-order chi connectivity index (χ0) is 25.4. The summed E-state index contributed by atoms with van der Waals surface area (Å²) in [6.07, 6.45) is 4.35. The Kier molecular flexibility index (Phi) is 6.31. The molecule has 4 aromatic rings. The van der Waals surface area contributed by atoms with Gasteiger partial charge in [0, 0.05) is 6.20 Å². The molecule has 0 saturated carbocycles. The molecule has 0 amide bonds. The number of hydrogen-bond donors (Lipinski definition) is 1. The summed E-state index contributed by atoms with van der Waals surface area (Å²) < 4.78 is 30.3. The van der Waals surface area contributed by atoms with Crippen LogP contribution in [0.5, 0.6) is 0 Å². The molecular formula is C25H27F2N7O. The average Bonchev–Trinajstić information content (AvgIpc) is 3.24. The lowest BCUT2D eigenvalue weighted by Gasteiger charge is -2.41. The Morgan fingerprint density at radius 1 is 1.03 bits per heavy atom. The van der Waals surface area contributed by atoms with Gasteiger partial charge in [0.2, 0.25) is 0 Å². The number of aryl methyl sites for hydroxylation is 1.